The van der Waals surface area contributed by atoms with Crippen LogP contribution in [-0.4, -0.2) is 11.0 Å². The first-order chi connectivity index (χ1) is 6.09. The van der Waals surface area contributed by atoms with Gasteiger partial charge < -0.3 is 4.74 Å². The highest BCUT2D eigenvalue weighted by molar-refractivity contribution is 9.10. The number of halogens is 1. The molecule has 13 heavy (non-hydrogen) atoms. The largest absolute Gasteiger partial charge is 0.458 e. The number of hydrogen-bond acceptors (Lipinski definition) is 3. The summed E-state index contributed by atoms with van der Waals surface area (Å²) in [5.74, 6) is -0.277. The summed E-state index contributed by atoms with van der Waals surface area (Å²) in [6, 6.07) is 3.64. The highest BCUT2D eigenvalue weighted by atomic mass is 79.9. The Morgan fingerprint density at radius 3 is 2.92 bits per heavy atom. The van der Waals surface area contributed by atoms with Crippen LogP contribution in [0, 0.1) is 0 Å². The topological polar surface area (TPSA) is 39.2 Å². The lowest BCUT2D eigenvalue weighted by Gasteiger charge is -2.11. The SMILES string of the molecule is CC(=O)O[C@H](C)c1ccnc(Br)c1. The minimum absolute atomic E-state index is 0.225. The van der Waals surface area contributed by atoms with E-state index in [1.54, 1.807) is 6.20 Å². The molecule has 0 unspecified atom stereocenters. The third kappa shape index (κ3) is 3.14. The average Bonchev–Trinajstić information content (AvgIpc) is 2.03. The van der Waals surface area contributed by atoms with Gasteiger partial charge in [-0.3, -0.25) is 4.79 Å². The van der Waals surface area contributed by atoms with Crippen molar-refractivity contribution >= 4 is 21.9 Å². The summed E-state index contributed by atoms with van der Waals surface area (Å²) in [6.07, 6.45) is 1.44. The average molecular weight is 244 g/mol. The van der Waals surface area contributed by atoms with Crippen LogP contribution in [0.1, 0.15) is 25.5 Å². The Labute approximate surface area is 85.3 Å². The minimum atomic E-state index is -0.277. The second-order valence-corrected chi connectivity index (χ2v) is 3.48. The number of esters is 1. The highest BCUT2D eigenvalue weighted by Crippen LogP contribution is 2.18. The van der Waals surface area contributed by atoms with E-state index < -0.39 is 0 Å². The Bertz CT molecular complexity index is 314. The van der Waals surface area contributed by atoms with Gasteiger partial charge >= 0.3 is 5.97 Å². The second-order valence-electron chi connectivity index (χ2n) is 2.66. The molecule has 1 aromatic heterocycles. The number of aromatic nitrogens is 1. The Morgan fingerprint density at radius 2 is 2.38 bits per heavy atom. The van der Waals surface area contributed by atoms with Crippen molar-refractivity contribution in [3.8, 4) is 0 Å². The van der Waals surface area contributed by atoms with E-state index in [9.17, 15) is 4.79 Å². The van der Waals surface area contributed by atoms with Gasteiger partial charge in [-0.2, -0.15) is 0 Å². The van der Waals surface area contributed by atoms with E-state index in [0.29, 0.717) is 0 Å². The number of hydrogen-bond donors (Lipinski definition) is 0. The molecule has 0 saturated carbocycles. The van der Waals surface area contributed by atoms with Crippen LogP contribution in [0.3, 0.4) is 0 Å². The van der Waals surface area contributed by atoms with Crippen LogP contribution in [0.5, 0.6) is 0 Å². The van der Waals surface area contributed by atoms with E-state index in [-0.39, 0.29) is 12.1 Å². The fourth-order valence-corrected chi connectivity index (χ4v) is 1.37. The zero-order chi connectivity index (χ0) is 9.84. The maximum atomic E-state index is 10.7. The molecule has 1 rings (SSSR count). The van der Waals surface area contributed by atoms with Gasteiger partial charge in [0.15, 0.2) is 0 Å². The van der Waals surface area contributed by atoms with Gasteiger partial charge in [0.05, 0.1) is 0 Å². The number of carbonyl (C=O) groups excluding carboxylic acids is 1. The number of pyridine rings is 1. The van der Waals surface area contributed by atoms with Crippen molar-refractivity contribution < 1.29 is 9.53 Å². The van der Waals surface area contributed by atoms with Crippen LogP contribution >= 0.6 is 15.9 Å². The van der Waals surface area contributed by atoms with Crippen molar-refractivity contribution in [3.63, 3.8) is 0 Å². The van der Waals surface area contributed by atoms with Gasteiger partial charge in [-0.25, -0.2) is 4.98 Å². The lowest BCUT2D eigenvalue weighted by molar-refractivity contribution is -0.145. The summed E-state index contributed by atoms with van der Waals surface area (Å²) in [5, 5.41) is 0. The van der Waals surface area contributed by atoms with Crippen LogP contribution in [0.2, 0.25) is 0 Å². The van der Waals surface area contributed by atoms with Crippen LogP contribution in [0.25, 0.3) is 0 Å². The van der Waals surface area contributed by atoms with Crippen LogP contribution in [0.4, 0.5) is 0 Å². The molecule has 0 aliphatic rings. The van der Waals surface area contributed by atoms with Gasteiger partial charge in [0.1, 0.15) is 10.7 Å². The Kier molecular flexibility index (Phi) is 3.42. The van der Waals surface area contributed by atoms with Crippen LogP contribution in [0.15, 0.2) is 22.9 Å². The minimum Gasteiger partial charge on any atom is -0.458 e. The zero-order valence-electron chi connectivity index (χ0n) is 7.45. The fraction of sp³-hybridized carbons (Fsp3) is 0.333. The fourth-order valence-electron chi connectivity index (χ4n) is 0.987. The molecular formula is C9H10BrNO2. The summed E-state index contributed by atoms with van der Waals surface area (Å²) >= 11 is 3.25. The molecule has 4 heteroatoms. The predicted octanol–water partition coefficient (Wildman–Crippen LogP) is 2.47. The van der Waals surface area contributed by atoms with E-state index in [1.807, 2.05) is 19.1 Å². The predicted molar refractivity (Wildman–Crippen MR) is 52.1 cm³/mol. The van der Waals surface area contributed by atoms with Gasteiger partial charge in [-0.1, -0.05) is 0 Å². The molecule has 1 atom stereocenters. The maximum absolute atomic E-state index is 10.7. The molecule has 0 fully saturated rings. The molecular weight excluding hydrogens is 234 g/mol. The molecule has 0 aliphatic carbocycles. The molecule has 0 spiro atoms. The van der Waals surface area contributed by atoms with E-state index in [1.165, 1.54) is 6.92 Å². The third-order valence-corrected chi connectivity index (χ3v) is 2.00. The lowest BCUT2D eigenvalue weighted by Crippen LogP contribution is -2.04. The van der Waals surface area contributed by atoms with Gasteiger partial charge in [0.2, 0.25) is 0 Å². The second kappa shape index (κ2) is 4.37. The molecule has 0 aromatic carbocycles. The summed E-state index contributed by atoms with van der Waals surface area (Å²) in [6.45, 7) is 3.22. The number of carbonyl (C=O) groups is 1. The standard InChI is InChI=1S/C9H10BrNO2/c1-6(13-7(2)12)8-3-4-11-9(10)5-8/h3-6H,1-2H3/t6-/m1/s1. The molecule has 0 bridgehead atoms. The molecule has 70 valence electrons. The van der Waals surface area contributed by atoms with Crippen molar-refractivity contribution in [1.29, 1.82) is 0 Å². The smallest absolute Gasteiger partial charge is 0.303 e. The molecule has 0 radical (unpaired) electrons. The highest BCUT2D eigenvalue weighted by Gasteiger charge is 2.08. The normalized spacial score (nSPS) is 12.2. The first kappa shape index (κ1) is 10.2. The van der Waals surface area contributed by atoms with E-state index in [2.05, 4.69) is 20.9 Å². The molecule has 0 saturated heterocycles. The number of rotatable bonds is 2. The Balaban J connectivity index is 2.76. The summed E-state index contributed by atoms with van der Waals surface area (Å²) < 4.78 is 5.74. The molecule has 1 aromatic rings. The number of ether oxygens (including phenoxy) is 1. The first-order valence-corrected chi connectivity index (χ1v) is 4.67. The van der Waals surface area contributed by atoms with Gasteiger partial charge in [-0.15, -0.1) is 0 Å². The Morgan fingerprint density at radius 1 is 1.69 bits per heavy atom. The molecule has 3 nitrogen and oxygen atoms in total. The first-order valence-electron chi connectivity index (χ1n) is 3.88. The Hall–Kier alpha value is -0.900. The van der Waals surface area contributed by atoms with Crippen molar-refractivity contribution in [2.75, 3.05) is 0 Å². The quantitative estimate of drug-likeness (QED) is 0.592. The summed E-state index contributed by atoms with van der Waals surface area (Å²) in [4.78, 5) is 14.6. The maximum Gasteiger partial charge on any atom is 0.303 e. The monoisotopic (exact) mass is 243 g/mol. The third-order valence-electron chi connectivity index (χ3n) is 1.56. The van der Waals surface area contributed by atoms with Crippen molar-refractivity contribution in [2.45, 2.75) is 20.0 Å². The van der Waals surface area contributed by atoms with Crippen molar-refractivity contribution in [2.24, 2.45) is 0 Å². The molecule has 1 heterocycles. The zero-order valence-corrected chi connectivity index (χ0v) is 9.04. The number of nitrogens with zero attached hydrogens (tertiary/aromatic N) is 1. The van der Waals surface area contributed by atoms with Gasteiger partial charge in [0.25, 0.3) is 0 Å². The van der Waals surface area contributed by atoms with Crippen LogP contribution in [-0.2, 0) is 9.53 Å². The van der Waals surface area contributed by atoms with Crippen molar-refractivity contribution in [3.05, 3.63) is 28.5 Å². The molecule has 0 N–H and O–H groups in total. The van der Waals surface area contributed by atoms with Gasteiger partial charge in [-0.05, 0) is 40.5 Å². The van der Waals surface area contributed by atoms with E-state index in [0.717, 1.165) is 10.2 Å². The molecule has 0 aliphatic heterocycles. The lowest BCUT2D eigenvalue weighted by atomic mass is 10.2. The van der Waals surface area contributed by atoms with E-state index >= 15 is 0 Å². The summed E-state index contributed by atoms with van der Waals surface area (Å²) in [7, 11) is 0. The van der Waals surface area contributed by atoms with E-state index in [4.69, 9.17) is 4.74 Å². The van der Waals surface area contributed by atoms with Crippen LogP contribution < -0.4 is 0 Å². The van der Waals surface area contributed by atoms with Gasteiger partial charge in [0, 0.05) is 13.1 Å². The molecule has 0 amide bonds. The summed E-state index contributed by atoms with van der Waals surface area (Å²) in [5.41, 5.74) is 0.928. The van der Waals surface area contributed by atoms with Crippen molar-refractivity contribution in [1.82, 2.24) is 4.98 Å².